The second kappa shape index (κ2) is 4.91. The van der Waals surface area contributed by atoms with Gasteiger partial charge in [-0.15, -0.1) is 0 Å². The van der Waals surface area contributed by atoms with Crippen molar-refractivity contribution in [3.05, 3.63) is 17.7 Å². The summed E-state index contributed by atoms with van der Waals surface area (Å²) in [7, 11) is 0. The summed E-state index contributed by atoms with van der Waals surface area (Å²) in [6.45, 7) is 6.72. The van der Waals surface area contributed by atoms with Crippen LogP contribution in [0.15, 0.2) is 16.8 Å². The van der Waals surface area contributed by atoms with Crippen molar-refractivity contribution in [3.8, 4) is 5.75 Å². The quantitative estimate of drug-likeness (QED) is 0.845. The molecular formula is C15H19N3O4. The molecule has 0 radical (unpaired) electrons. The molecule has 1 saturated heterocycles. The van der Waals surface area contributed by atoms with E-state index in [0.29, 0.717) is 24.2 Å². The van der Waals surface area contributed by atoms with Crippen LogP contribution < -0.4 is 4.74 Å². The number of rotatable bonds is 1. The van der Waals surface area contributed by atoms with E-state index >= 15 is 0 Å². The molecule has 0 amide bonds. The summed E-state index contributed by atoms with van der Waals surface area (Å²) in [6.07, 6.45) is -0.643. The molecule has 1 N–H and O–H groups in total. The van der Waals surface area contributed by atoms with Gasteiger partial charge in [0.2, 0.25) is 0 Å². The van der Waals surface area contributed by atoms with Gasteiger partial charge in [0.1, 0.15) is 28.5 Å². The minimum atomic E-state index is -0.680. The van der Waals surface area contributed by atoms with Gasteiger partial charge in [0.15, 0.2) is 0 Å². The summed E-state index contributed by atoms with van der Waals surface area (Å²) >= 11 is 0. The van der Waals surface area contributed by atoms with Crippen LogP contribution in [-0.4, -0.2) is 58.3 Å². The minimum Gasteiger partial charge on any atom is -0.485 e. The van der Waals surface area contributed by atoms with Gasteiger partial charge in [-0.05, 0) is 30.2 Å². The predicted octanol–water partition coefficient (Wildman–Crippen LogP) is 1.13. The number of morpholine rings is 1. The van der Waals surface area contributed by atoms with E-state index < -0.39 is 11.7 Å². The SMILES string of the molecule is CC1(C)Oc2cc3nonc3cc2C(N2CCOCC2)C1O. The zero-order valence-corrected chi connectivity index (χ0v) is 12.7. The lowest BCUT2D eigenvalue weighted by Crippen LogP contribution is -2.55. The smallest absolute Gasteiger partial charge is 0.138 e. The fourth-order valence-corrected chi connectivity index (χ4v) is 3.29. The average Bonchev–Trinajstić information content (AvgIpc) is 2.94. The molecule has 0 saturated carbocycles. The van der Waals surface area contributed by atoms with Crippen molar-refractivity contribution in [3.63, 3.8) is 0 Å². The Morgan fingerprint density at radius 2 is 1.86 bits per heavy atom. The van der Waals surface area contributed by atoms with Crippen LogP contribution in [0.4, 0.5) is 0 Å². The molecule has 7 nitrogen and oxygen atoms in total. The van der Waals surface area contributed by atoms with Gasteiger partial charge in [0.05, 0.1) is 19.3 Å². The zero-order chi connectivity index (χ0) is 15.3. The van der Waals surface area contributed by atoms with Gasteiger partial charge >= 0.3 is 0 Å². The summed E-state index contributed by atoms with van der Waals surface area (Å²) < 4.78 is 16.2. The second-order valence-electron chi connectivity index (χ2n) is 6.39. The molecular weight excluding hydrogens is 286 g/mol. The number of hydrogen-bond acceptors (Lipinski definition) is 7. The molecule has 118 valence electrons. The van der Waals surface area contributed by atoms with Crippen LogP contribution in [0.25, 0.3) is 11.0 Å². The third-order valence-corrected chi connectivity index (χ3v) is 4.53. The van der Waals surface area contributed by atoms with Gasteiger partial charge in [-0.1, -0.05) is 0 Å². The maximum absolute atomic E-state index is 10.9. The predicted molar refractivity (Wildman–Crippen MR) is 77.7 cm³/mol. The Balaban J connectivity index is 1.84. The molecule has 0 spiro atoms. The second-order valence-corrected chi connectivity index (χ2v) is 6.39. The number of ether oxygens (including phenoxy) is 2. The Morgan fingerprint density at radius 3 is 2.59 bits per heavy atom. The van der Waals surface area contributed by atoms with Crippen LogP contribution >= 0.6 is 0 Å². The molecule has 22 heavy (non-hydrogen) atoms. The minimum absolute atomic E-state index is 0.149. The normalized spacial score (nSPS) is 28.3. The highest BCUT2D eigenvalue weighted by molar-refractivity contribution is 5.77. The molecule has 0 aliphatic carbocycles. The van der Waals surface area contributed by atoms with E-state index in [4.69, 9.17) is 14.1 Å². The van der Waals surface area contributed by atoms with Crippen molar-refractivity contribution in [2.75, 3.05) is 26.3 Å². The molecule has 4 rings (SSSR count). The number of aromatic nitrogens is 2. The van der Waals surface area contributed by atoms with Crippen molar-refractivity contribution in [2.45, 2.75) is 31.6 Å². The van der Waals surface area contributed by atoms with Crippen molar-refractivity contribution in [1.82, 2.24) is 15.2 Å². The van der Waals surface area contributed by atoms with E-state index in [1.54, 1.807) is 0 Å². The molecule has 2 unspecified atom stereocenters. The van der Waals surface area contributed by atoms with Gasteiger partial charge in [-0.3, -0.25) is 4.90 Å². The number of hydrogen-bond donors (Lipinski definition) is 1. The number of nitrogens with zero attached hydrogens (tertiary/aromatic N) is 3. The molecule has 2 aliphatic heterocycles. The number of aliphatic hydroxyl groups excluding tert-OH is 1. The Hall–Kier alpha value is -1.70. The monoisotopic (exact) mass is 305 g/mol. The van der Waals surface area contributed by atoms with E-state index in [0.717, 1.165) is 24.4 Å². The lowest BCUT2D eigenvalue weighted by Gasteiger charge is -2.47. The Labute approximate surface area is 127 Å². The van der Waals surface area contributed by atoms with Crippen molar-refractivity contribution in [1.29, 1.82) is 0 Å². The van der Waals surface area contributed by atoms with Gasteiger partial charge in [-0.2, -0.15) is 0 Å². The van der Waals surface area contributed by atoms with Crippen LogP contribution in [-0.2, 0) is 4.74 Å². The van der Waals surface area contributed by atoms with Crippen molar-refractivity contribution < 1.29 is 19.2 Å². The van der Waals surface area contributed by atoms with Gasteiger partial charge < -0.3 is 14.6 Å². The summed E-state index contributed by atoms with van der Waals surface area (Å²) in [4.78, 5) is 2.25. The fraction of sp³-hybridized carbons (Fsp3) is 0.600. The highest BCUT2D eigenvalue weighted by Gasteiger charge is 2.46. The van der Waals surface area contributed by atoms with E-state index in [9.17, 15) is 5.11 Å². The Kier molecular flexibility index (Phi) is 3.11. The van der Waals surface area contributed by atoms with Crippen LogP contribution in [0.3, 0.4) is 0 Å². The zero-order valence-electron chi connectivity index (χ0n) is 12.7. The van der Waals surface area contributed by atoms with Crippen LogP contribution in [0.1, 0.15) is 25.5 Å². The molecule has 1 aromatic carbocycles. The molecule has 3 heterocycles. The van der Waals surface area contributed by atoms with Crippen LogP contribution in [0.5, 0.6) is 5.75 Å². The first kappa shape index (κ1) is 13.9. The van der Waals surface area contributed by atoms with Crippen LogP contribution in [0.2, 0.25) is 0 Å². The Bertz CT molecular complexity index is 693. The largest absolute Gasteiger partial charge is 0.485 e. The molecule has 2 atom stereocenters. The van der Waals surface area contributed by atoms with Crippen LogP contribution in [0, 0.1) is 0 Å². The van der Waals surface area contributed by atoms with Gasteiger partial charge in [-0.25, -0.2) is 4.63 Å². The molecule has 1 aromatic heterocycles. The molecule has 2 aromatic rings. The molecule has 1 fully saturated rings. The third-order valence-electron chi connectivity index (χ3n) is 4.53. The summed E-state index contributed by atoms with van der Waals surface area (Å²) in [5.74, 6) is 0.731. The average molecular weight is 305 g/mol. The highest BCUT2D eigenvalue weighted by Crippen LogP contribution is 2.44. The molecule has 2 aliphatic rings. The third kappa shape index (κ3) is 2.08. The number of aliphatic hydroxyl groups is 1. The summed E-state index contributed by atoms with van der Waals surface area (Å²) in [5, 5.41) is 18.6. The first-order valence-electron chi connectivity index (χ1n) is 7.51. The van der Waals surface area contributed by atoms with Gasteiger partial charge in [0, 0.05) is 24.7 Å². The van der Waals surface area contributed by atoms with Gasteiger partial charge in [0.25, 0.3) is 0 Å². The van der Waals surface area contributed by atoms with E-state index in [-0.39, 0.29) is 6.04 Å². The summed E-state index contributed by atoms with van der Waals surface area (Å²) in [5.41, 5.74) is 1.58. The fourth-order valence-electron chi connectivity index (χ4n) is 3.29. The standard InChI is InChI=1S/C15H19N3O4/c1-15(2)14(19)13(18-3-5-20-6-4-18)9-7-10-11(17-22-16-10)8-12(9)21-15/h7-8,13-14,19H,3-6H2,1-2H3. The van der Waals surface area contributed by atoms with Crippen molar-refractivity contribution in [2.24, 2.45) is 0 Å². The van der Waals surface area contributed by atoms with E-state index in [2.05, 4.69) is 15.2 Å². The maximum Gasteiger partial charge on any atom is 0.138 e. The lowest BCUT2D eigenvalue weighted by atomic mass is 9.85. The highest BCUT2D eigenvalue weighted by atomic mass is 16.6. The first-order valence-corrected chi connectivity index (χ1v) is 7.51. The Morgan fingerprint density at radius 1 is 1.18 bits per heavy atom. The lowest BCUT2D eigenvalue weighted by molar-refractivity contribution is -0.108. The first-order chi connectivity index (χ1) is 10.6. The number of benzene rings is 1. The van der Waals surface area contributed by atoms with E-state index in [1.807, 2.05) is 26.0 Å². The summed E-state index contributed by atoms with van der Waals surface area (Å²) in [6, 6.07) is 3.59. The topological polar surface area (TPSA) is 80.9 Å². The maximum atomic E-state index is 10.9. The van der Waals surface area contributed by atoms with Crippen molar-refractivity contribution >= 4 is 11.0 Å². The molecule has 7 heteroatoms. The van der Waals surface area contributed by atoms with E-state index in [1.165, 1.54) is 0 Å². The molecule has 0 bridgehead atoms. The number of fused-ring (bicyclic) bond motifs is 2.